The van der Waals surface area contributed by atoms with Crippen LogP contribution in [0.2, 0.25) is 0 Å². The van der Waals surface area contributed by atoms with Crippen molar-refractivity contribution in [3.8, 4) is 0 Å². The van der Waals surface area contributed by atoms with Crippen LogP contribution in [-0.2, 0) is 12.7 Å². The lowest BCUT2D eigenvalue weighted by Gasteiger charge is -2.08. The van der Waals surface area contributed by atoms with Crippen molar-refractivity contribution in [2.45, 2.75) is 18.8 Å². The Hall–Kier alpha value is -0.550. The summed E-state index contributed by atoms with van der Waals surface area (Å²) in [5.74, 6) is 0. The van der Waals surface area contributed by atoms with Gasteiger partial charge in [-0.1, -0.05) is 28.1 Å². The second-order valence-electron chi connectivity index (χ2n) is 3.93. The number of benzene rings is 1. The highest BCUT2D eigenvalue weighted by atomic mass is 79.9. The molecule has 0 bridgehead atoms. The summed E-state index contributed by atoms with van der Waals surface area (Å²) in [5.41, 5.74) is 0.343. The molecule has 1 saturated heterocycles. The molecule has 0 saturated carbocycles. The van der Waals surface area contributed by atoms with E-state index in [1.54, 1.807) is 12.1 Å². The van der Waals surface area contributed by atoms with Gasteiger partial charge in [0.2, 0.25) is 0 Å². The van der Waals surface area contributed by atoms with Crippen molar-refractivity contribution >= 4 is 15.9 Å². The molecule has 0 aliphatic carbocycles. The van der Waals surface area contributed by atoms with Crippen molar-refractivity contribution in [2.24, 2.45) is 0 Å². The van der Waals surface area contributed by atoms with Crippen molar-refractivity contribution in [1.82, 2.24) is 4.90 Å². The minimum atomic E-state index is -4.24. The molecule has 0 aromatic heterocycles. The standard InChI is InChI=1S/C11H11BrF3N/c12-5-10-7-16(10)6-8-1-3-9(4-2-8)11(13,14)15/h1-4,10H,5-7H2/t10-,16?/m1/s1. The summed E-state index contributed by atoms with van der Waals surface area (Å²) < 4.78 is 36.9. The molecular weight excluding hydrogens is 283 g/mol. The maximum absolute atomic E-state index is 12.3. The van der Waals surface area contributed by atoms with E-state index < -0.39 is 11.7 Å². The van der Waals surface area contributed by atoms with Gasteiger partial charge in [0, 0.05) is 24.5 Å². The van der Waals surface area contributed by atoms with Crippen LogP contribution in [0.5, 0.6) is 0 Å². The van der Waals surface area contributed by atoms with E-state index in [-0.39, 0.29) is 0 Å². The summed E-state index contributed by atoms with van der Waals surface area (Å²) in [6.07, 6.45) is -4.24. The van der Waals surface area contributed by atoms with Crippen LogP contribution in [0, 0.1) is 0 Å². The lowest BCUT2D eigenvalue weighted by molar-refractivity contribution is -0.137. The maximum Gasteiger partial charge on any atom is 0.416 e. The van der Waals surface area contributed by atoms with Gasteiger partial charge in [-0.25, -0.2) is 0 Å². The minimum Gasteiger partial charge on any atom is -0.292 e. The van der Waals surface area contributed by atoms with Crippen molar-refractivity contribution in [2.75, 3.05) is 11.9 Å². The van der Waals surface area contributed by atoms with Crippen LogP contribution in [0.3, 0.4) is 0 Å². The van der Waals surface area contributed by atoms with Crippen LogP contribution in [0.15, 0.2) is 24.3 Å². The van der Waals surface area contributed by atoms with Gasteiger partial charge in [0.05, 0.1) is 5.56 Å². The molecule has 1 unspecified atom stereocenters. The zero-order valence-electron chi connectivity index (χ0n) is 8.47. The molecule has 88 valence electrons. The zero-order valence-corrected chi connectivity index (χ0v) is 10.1. The average Bonchev–Trinajstić information content (AvgIpc) is 2.96. The van der Waals surface area contributed by atoms with Crippen LogP contribution in [0.25, 0.3) is 0 Å². The van der Waals surface area contributed by atoms with E-state index in [4.69, 9.17) is 0 Å². The third kappa shape index (κ3) is 2.77. The fourth-order valence-corrected chi connectivity index (χ4v) is 2.21. The number of rotatable bonds is 3. The summed E-state index contributed by atoms with van der Waals surface area (Å²) in [6.45, 7) is 1.75. The average molecular weight is 294 g/mol. The molecule has 1 nitrogen and oxygen atoms in total. The molecule has 2 rings (SSSR count). The molecule has 1 heterocycles. The van der Waals surface area contributed by atoms with Gasteiger partial charge < -0.3 is 0 Å². The molecule has 1 fully saturated rings. The Bertz CT molecular complexity index is 360. The first-order valence-corrected chi connectivity index (χ1v) is 6.09. The number of halogens is 4. The minimum absolute atomic E-state index is 0.544. The first-order chi connectivity index (χ1) is 7.50. The first kappa shape index (κ1) is 11.9. The highest BCUT2D eigenvalue weighted by molar-refractivity contribution is 9.09. The smallest absolute Gasteiger partial charge is 0.292 e. The Morgan fingerprint density at radius 2 is 1.88 bits per heavy atom. The third-order valence-corrected chi connectivity index (χ3v) is 3.42. The van der Waals surface area contributed by atoms with Crippen molar-refractivity contribution < 1.29 is 13.2 Å². The molecule has 1 aromatic rings. The number of nitrogens with zero attached hydrogens (tertiary/aromatic N) is 1. The second-order valence-corrected chi connectivity index (χ2v) is 4.58. The monoisotopic (exact) mass is 293 g/mol. The van der Waals surface area contributed by atoms with Crippen molar-refractivity contribution in [3.63, 3.8) is 0 Å². The van der Waals surface area contributed by atoms with Crippen LogP contribution in [0.1, 0.15) is 11.1 Å². The highest BCUT2D eigenvalue weighted by Gasteiger charge is 2.33. The second kappa shape index (κ2) is 4.37. The predicted molar refractivity (Wildman–Crippen MR) is 59.4 cm³/mol. The molecular formula is C11H11BrF3N. The molecule has 1 aliphatic heterocycles. The number of alkyl halides is 4. The largest absolute Gasteiger partial charge is 0.416 e. The van der Waals surface area contributed by atoms with Crippen LogP contribution in [-0.4, -0.2) is 22.8 Å². The van der Waals surface area contributed by atoms with Crippen LogP contribution >= 0.6 is 15.9 Å². The fourth-order valence-electron chi connectivity index (χ4n) is 1.60. The van der Waals surface area contributed by atoms with E-state index in [0.717, 1.165) is 36.1 Å². The molecule has 0 amide bonds. The van der Waals surface area contributed by atoms with Crippen molar-refractivity contribution in [3.05, 3.63) is 35.4 Å². The van der Waals surface area contributed by atoms with Crippen molar-refractivity contribution in [1.29, 1.82) is 0 Å². The molecule has 16 heavy (non-hydrogen) atoms. The number of hydrogen-bond acceptors (Lipinski definition) is 1. The summed E-state index contributed by atoms with van der Waals surface area (Å²) in [5, 5.41) is 0.924. The van der Waals surface area contributed by atoms with Crippen LogP contribution in [0.4, 0.5) is 13.2 Å². The van der Waals surface area contributed by atoms with E-state index in [2.05, 4.69) is 20.8 Å². The Balaban J connectivity index is 1.98. The summed E-state index contributed by atoms with van der Waals surface area (Å²) >= 11 is 3.38. The zero-order chi connectivity index (χ0) is 11.8. The Morgan fingerprint density at radius 3 is 2.31 bits per heavy atom. The topological polar surface area (TPSA) is 3.01 Å². The van der Waals surface area contributed by atoms with Gasteiger partial charge in [-0.05, 0) is 17.7 Å². The third-order valence-electron chi connectivity index (χ3n) is 2.67. The van der Waals surface area contributed by atoms with Gasteiger partial charge in [-0.3, -0.25) is 4.90 Å². The van der Waals surface area contributed by atoms with Crippen LogP contribution < -0.4 is 0 Å². The van der Waals surface area contributed by atoms with E-state index in [9.17, 15) is 13.2 Å². The molecule has 0 radical (unpaired) electrons. The lowest BCUT2D eigenvalue weighted by atomic mass is 10.1. The Labute approximate surface area is 100 Å². The lowest BCUT2D eigenvalue weighted by Crippen LogP contribution is -2.06. The van der Waals surface area contributed by atoms with Gasteiger partial charge in [0.1, 0.15) is 0 Å². The van der Waals surface area contributed by atoms with E-state index in [1.807, 2.05) is 0 Å². The van der Waals surface area contributed by atoms with E-state index in [0.29, 0.717) is 6.04 Å². The predicted octanol–water partition coefficient (Wildman–Crippen LogP) is 3.28. The summed E-state index contributed by atoms with van der Waals surface area (Å²) in [4.78, 5) is 2.21. The summed E-state index contributed by atoms with van der Waals surface area (Å²) in [6, 6.07) is 5.92. The van der Waals surface area contributed by atoms with Gasteiger partial charge in [-0.15, -0.1) is 0 Å². The number of hydrogen-bond donors (Lipinski definition) is 0. The molecule has 0 N–H and O–H groups in total. The molecule has 5 heteroatoms. The molecule has 0 spiro atoms. The normalized spacial score (nSPS) is 24.5. The highest BCUT2D eigenvalue weighted by Crippen LogP contribution is 2.30. The van der Waals surface area contributed by atoms with Gasteiger partial charge >= 0.3 is 6.18 Å². The molecule has 2 atom stereocenters. The SMILES string of the molecule is FC(F)(F)c1ccc(CN2C[C@H]2CBr)cc1. The van der Waals surface area contributed by atoms with E-state index in [1.165, 1.54) is 0 Å². The van der Waals surface area contributed by atoms with Gasteiger partial charge in [0.25, 0.3) is 0 Å². The van der Waals surface area contributed by atoms with Gasteiger partial charge in [0.15, 0.2) is 0 Å². The molecule has 1 aromatic carbocycles. The fraction of sp³-hybridized carbons (Fsp3) is 0.455. The van der Waals surface area contributed by atoms with Gasteiger partial charge in [-0.2, -0.15) is 13.2 Å². The first-order valence-electron chi connectivity index (χ1n) is 4.97. The quantitative estimate of drug-likeness (QED) is 0.610. The Morgan fingerprint density at radius 1 is 1.25 bits per heavy atom. The molecule has 1 aliphatic rings. The Kier molecular flexibility index (Phi) is 3.26. The summed E-state index contributed by atoms with van der Waals surface area (Å²) in [7, 11) is 0. The maximum atomic E-state index is 12.3. The van der Waals surface area contributed by atoms with E-state index >= 15 is 0 Å².